The number of fused-ring (bicyclic) bond motifs is 1. The third-order valence-electron chi connectivity index (χ3n) is 5.20. The summed E-state index contributed by atoms with van der Waals surface area (Å²) in [6.07, 6.45) is 3.18. The molecule has 2 N–H and O–H groups in total. The Morgan fingerprint density at radius 1 is 1.31 bits per heavy atom. The maximum absolute atomic E-state index is 12.5. The number of carbonyl (C=O) groups is 1. The van der Waals surface area contributed by atoms with Crippen LogP contribution in [0.15, 0.2) is 24.3 Å². The standard InChI is InChI=1S/C21H28N6OS/c1-21(2,3)19-25-26-20(29-19)24-18(28)13-27-10-6-7-14(12-27)11-17-22-15-8-4-5-9-16(15)23-17/h4-5,8-9,14H,6-7,10-13H2,1-3H3,(H,22,23)(H,24,26,28). The van der Waals surface area contributed by atoms with Gasteiger partial charge >= 0.3 is 0 Å². The molecule has 0 bridgehead atoms. The number of piperidine rings is 1. The molecule has 3 aromatic rings. The van der Waals surface area contributed by atoms with Crippen LogP contribution in [0, 0.1) is 5.92 Å². The van der Waals surface area contributed by atoms with Crippen LogP contribution in [-0.2, 0) is 16.6 Å². The zero-order valence-electron chi connectivity index (χ0n) is 17.2. The van der Waals surface area contributed by atoms with Crippen LogP contribution in [0.3, 0.4) is 0 Å². The fourth-order valence-electron chi connectivity index (χ4n) is 3.78. The van der Waals surface area contributed by atoms with Crippen LogP contribution in [0.2, 0.25) is 0 Å². The van der Waals surface area contributed by atoms with E-state index in [1.165, 1.54) is 17.8 Å². The third-order valence-corrected chi connectivity index (χ3v) is 6.47. The molecule has 0 aliphatic carbocycles. The number of aromatic amines is 1. The molecule has 0 saturated carbocycles. The number of amides is 1. The predicted molar refractivity (Wildman–Crippen MR) is 116 cm³/mol. The van der Waals surface area contributed by atoms with Gasteiger partial charge in [0, 0.05) is 18.4 Å². The van der Waals surface area contributed by atoms with Gasteiger partial charge in [-0.1, -0.05) is 44.2 Å². The first-order valence-corrected chi connectivity index (χ1v) is 11.0. The van der Waals surface area contributed by atoms with Crippen LogP contribution in [-0.4, -0.2) is 50.6 Å². The van der Waals surface area contributed by atoms with E-state index in [4.69, 9.17) is 4.98 Å². The smallest absolute Gasteiger partial charge is 0.240 e. The Morgan fingerprint density at radius 2 is 2.14 bits per heavy atom. The van der Waals surface area contributed by atoms with Crippen LogP contribution in [0.5, 0.6) is 0 Å². The topological polar surface area (TPSA) is 86.8 Å². The van der Waals surface area contributed by atoms with Gasteiger partial charge in [-0.25, -0.2) is 4.98 Å². The Hall–Kier alpha value is -2.32. The molecule has 1 fully saturated rings. The highest BCUT2D eigenvalue weighted by atomic mass is 32.1. The Bertz CT molecular complexity index is 955. The average Bonchev–Trinajstić information content (AvgIpc) is 3.28. The number of nitrogens with one attached hydrogen (secondary N) is 2. The van der Waals surface area contributed by atoms with Crippen molar-refractivity contribution < 1.29 is 4.79 Å². The Kier molecular flexibility index (Phi) is 5.65. The summed E-state index contributed by atoms with van der Waals surface area (Å²) in [4.78, 5) is 22.8. The van der Waals surface area contributed by atoms with Crippen molar-refractivity contribution in [3.05, 3.63) is 35.1 Å². The van der Waals surface area contributed by atoms with E-state index in [0.717, 1.165) is 47.8 Å². The van der Waals surface area contributed by atoms with Crippen molar-refractivity contribution >= 4 is 33.4 Å². The Balaban J connectivity index is 1.31. The number of benzene rings is 1. The van der Waals surface area contributed by atoms with Crippen LogP contribution in [0.25, 0.3) is 11.0 Å². The fourth-order valence-corrected chi connectivity index (χ4v) is 4.59. The average molecular weight is 413 g/mol. The molecular formula is C21H28N6OS. The second-order valence-corrected chi connectivity index (χ2v) is 9.84. The highest BCUT2D eigenvalue weighted by Gasteiger charge is 2.24. The number of nitrogens with zero attached hydrogens (tertiary/aromatic N) is 4. The number of anilines is 1. The van der Waals surface area contributed by atoms with Gasteiger partial charge in [0.15, 0.2) is 0 Å². The van der Waals surface area contributed by atoms with E-state index in [1.807, 2.05) is 18.2 Å². The second kappa shape index (κ2) is 8.20. The summed E-state index contributed by atoms with van der Waals surface area (Å²) in [5.41, 5.74) is 2.04. The number of likely N-dealkylation sites (tertiary alicyclic amines) is 1. The minimum atomic E-state index is -0.0581. The van der Waals surface area contributed by atoms with Gasteiger partial charge < -0.3 is 4.98 Å². The normalized spacial score (nSPS) is 18.2. The lowest BCUT2D eigenvalue weighted by atomic mass is 9.94. The molecule has 1 atom stereocenters. The predicted octanol–water partition coefficient (Wildman–Crippen LogP) is 3.61. The van der Waals surface area contributed by atoms with E-state index in [9.17, 15) is 4.79 Å². The van der Waals surface area contributed by atoms with Crippen LogP contribution >= 0.6 is 11.3 Å². The third kappa shape index (κ3) is 5.00. The highest BCUT2D eigenvalue weighted by Crippen LogP contribution is 2.27. The molecule has 2 aromatic heterocycles. The summed E-state index contributed by atoms with van der Waals surface area (Å²) in [7, 11) is 0. The van der Waals surface area contributed by atoms with E-state index in [-0.39, 0.29) is 11.3 Å². The number of H-pyrrole nitrogens is 1. The van der Waals surface area contributed by atoms with Crippen molar-refractivity contribution in [3.8, 4) is 0 Å². The van der Waals surface area contributed by atoms with Gasteiger partial charge in [-0.05, 0) is 37.4 Å². The van der Waals surface area contributed by atoms with Crippen molar-refractivity contribution in [1.82, 2.24) is 25.1 Å². The number of hydrogen-bond acceptors (Lipinski definition) is 6. The number of aromatic nitrogens is 4. The van der Waals surface area contributed by atoms with Gasteiger partial charge in [-0.15, -0.1) is 10.2 Å². The minimum Gasteiger partial charge on any atom is -0.342 e. The molecule has 1 unspecified atom stereocenters. The number of rotatable bonds is 5. The molecule has 1 amide bonds. The summed E-state index contributed by atoms with van der Waals surface area (Å²) in [6.45, 7) is 8.53. The van der Waals surface area contributed by atoms with Crippen molar-refractivity contribution in [1.29, 1.82) is 0 Å². The molecular weight excluding hydrogens is 384 g/mol. The molecule has 1 aliphatic rings. The zero-order valence-corrected chi connectivity index (χ0v) is 18.1. The summed E-state index contributed by atoms with van der Waals surface area (Å²) in [5.74, 6) is 1.52. The monoisotopic (exact) mass is 412 g/mol. The molecule has 1 aromatic carbocycles. The molecule has 0 spiro atoms. The maximum Gasteiger partial charge on any atom is 0.240 e. The lowest BCUT2D eigenvalue weighted by Gasteiger charge is -2.31. The summed E-state index contributed by atoms with van der Waals surface area (Å²) >= 11 is 1.45. The molecule has 4 rings (SSSR count). The largest absolute Gasteiger partial charge is 0.342 e. The van der Waals surface area contributed by atoms with Gasteiger partial charge in [-0.2, -0.15) is 0 Å². The van der Waals surface area contributed by atoms with Gasteiger partial charge in [-0.3, -0.25) is 15.0 Å². The first-order valence-electron chi connectivity index (χ1n) is 10.2. The van der Waals surface area contributed by atoms with Crippen molar-refractivity contribution in [2.75, 3.05) is 25.0 Å². The highest BCUT2D eigenvalue weighted by molar-refractivity contribution is 7.15. The Labute approximate surface area is 174 Å². The Morgan fingerprint density at radius 3 is 2.90 bits per heavy atom. The van der Waals surface area contributed by atoms with Crippen LogP contribution in [0.1, 0.15) is 44.4 Å². The number of imidazole rings is 1. The van der Waals surface area contributed by atoms with E-state index in [2.05, 4.69) is 52.2 Å². The molecule has 3 heterocycles. The van der Waals surface area contributed by atoms with E-state index in [0.29, 0.717) is 17.6 Å². The maximum atomic E-state index is 12.5. The molecule has 8 heteroatoms. The molecule has 7 nitrogen and oxygen atoms in total. The van der Waals surface area contributed by atoms with Gasteiger partial charge in [0.05, 0.1) is 17.6 Å². The lowest BCUT2D eigenvalue weighted by Crippen LogP contribution is -2.41. The number of para-hydroxylation sites is 2. The van der Waals surface area contributed by atoms with E-state index >= 15 is 0 Å². The minimum absolute atomic E-state index is 0.0222. The quantitative estimate of drug-likeness (QED) is 0.669. The first-order chi connectivity index (χ1) is 13.9. The number of hydrogen-bond donors (Lipinski definition) is 2. The zero-order chi connectivity index (χ0) is 20.4. The SMILES string of the molecule is CC(C)(C)c1nnc(NC(=O)CN2CCCC(Cc3nc4ccccc4[nH]3)C2)s1. The molecule has 154 valence electrons. The second-order valence-electron chi connectivity index (χ2n) is 8.86. The summed E-state index contributed by atoms with van der Waals surface area (Å²) in [6, 6.07) is 8.12. The van der Waals surface area contributed by atoms with Gasteiger partial charge in [0.2, 0.25) is 11.0 Å². The fraction of sp³-hybridized carbons (Fsp3) is 0.524. The van der Waals surface area contributed by atoms with Crippen LogP contribution in [0.4, 0.5) is 5.13 Å². The van der Waals surface area contributed by atoms with Crippen LogP contribution < -0.4 is 5.32 Å². The summed E-state index contributed by atoms with van der Waals surface area (Å²) in [5, 5.41) is 12.7. The van der Waals surface area contributed by atoms with Gasteiger partial charge in [0.1, 0.15) is 10.8 Å². The van der Waals surface area contributed by atoms with E-state index in [1.54, 1.807) is 0 Å². The molecule has 29 heavy (non-hydrogen) atoms. The molecule has 0 radical (unpaired) electrons. The van der Waals surface area contributed by atoms with Gasteiger partial charge in [0.25, 0.3) is 0 Å². The van der Waals surface area contributed by atoms with Crippen molar-refractivity contribution in [2.45, 2.75) is 45.4 Å². The van der Waals surface area contributed by atoms with E-state index < -0.39 is 0 Å². The first kappa shape index (κ1) is 20.0. The molecule has 1 aliphatic heterocycles. The van der Waals surface area contributed by atoms with Crippen molar-refractivity contribution in [3.63, 3.8) is 0 Å². The molecule has 1 saturated heterocycles. The number of carbonyl (C=O) groups excluding carboxylic acids is 1. The van der Waals surface area contributed by atoms with Crippen molar-refractivity contribution in [2.24, 2.45) is 5.92 Å². The summed E-state index contributed by atoms with van der Waals surface area (Å²) < 4.78 is 0. The lowest BCUT2D eigenvalue weighted by molar-refractivity contribution is -0.117.